The van der Waals surface area contributed by atoms with Gasteiger partial charge in [-0.15, -0.1) is 0 Å². The molecule has 90 valence electrons. The Bertz CT molecular complexity index is 267. The van der Waals surface area contributed by atoms with Crippen molar-refractivity contribution in [1.29, 1.82) is 0 Å². The molecule has 16 heavy (non-hydrogen) atoms. The summed E-state index contributed by atoms with van der Waals surface area (Å²) in [5.41, 5.74) is 5.33. The van der Waals surface area contributed by atoms with Crippen LogP contribution in [0.4, 0.5) is 0 Å². The fraction of sp³-hybridized carbons (Fsp3) is 0.769. The van der Waals surface area contributed by atoms with Gasteiger partial charge in [0.25, 0.3) is 0 Å². The van der Waals surface area contributed by atoms with Crippen LogP contribution in [0.15, 0.2) is 12.2 Å². The van der Waals surface area contributed by atoms with E-state index in [0.717, 1.165) is 31.8 Å². The minimum atomic E-state index is -0.111. The molecule has 0 aromatic carbocycles. The first-order valence-corrected chi connectivity index (χ1v) is 6.42. The Hall–Kier alpha value is -0.830. The summed E-state index contributed by atoms with van der Waals surface area (Å²) < 4.78 is 0. The number of nitrogens with two attached hydrogens (primary N) is 1. The van der Waals surface area contributed by atoms with Crippen molar-refractivity contribution in [2.75, 3.05) is 19.6 Å². The van der Waals surface area contributed by atoms with Crippen molar-refractivity contribution in [2.24, 2.45) is 17.6 Å². The standard InChI is InChI=1S/C13H22N2O/c14-13(16)12-6-8-15(9-7-12)10-11-4-2-1-3-5-11/h1-2,11-12H,3-10H2,(H2,14,16)/t11-/m0/s1. The summed E-state index contributed by atoms with van der Waals surface area (Å²) in [6.07, 6.45) is 10.3. The zero-order valence-corrected chi connectivity index (χ0v) is 9.90. The van der Waals surface area contributed by atoms with Gasteiger partial charge in [-0.25, -0.2) is 0 Å². The van der Waals surface area contributed by atoms with E-state index in [2.05, 4.69) is 17.1 Å². The topological polar surface area (TPSA) is 46.3 Å². The Labute approximate surface area is 97.7 Å². The Morgan fingerprint density at radius 3 is 2.56 bits per heavy atom. The Morgan fingerprint density at radius 2 is 2.00 bits per heavy atom. The summed E-state index contributed by atoms with van der Waals surface area (Å²) >= 11 is 0. The molecule has 3 nitrogen and oxygen atoms in total. The van der Waals surface area contributed by atoms with E-state index < -0.39 is 0 Å². The minimum absolute atomic E-state index is 0.111. The van der Waals surface area contributed by atoms with Crippen LogP contribution in [-0.2, 0) is 4.79 Å². The predicted octanol–water partition coefficient (Wildman–Crippen LogP) is 1.54. The van der Waals surface area contributed by atoms with Gasteiger partial charge in [-0.3, -0.25) is 4.79 Å². The van der Waals surface area contributed by atoms with E-state index in [9.17, 15) is 4.79 Å². The van der Waals surface area contributed by atoms with Gasteiger partial charge in [0.05, 0.1) is 0 Å². The van der Waals surface area contributed by atoms with Crippen molar-refractivity contribution in [1.82, 2.24) is 4.90 Å². The van der Waals surface area contributed by atoms with Crippen LogP contribution in [0.3, 0.4) is 0 Å². The molecule has 1 aliphatic carbocycles. The highest BCUT2D eigenvalue weighted by Crippen LogP contribution is 2.22. The highest BCUT2D eigenvalue weighted by atomic mass is 16.1. The lowest BCUT2D eigenvalue weighted by atomic mass is 9.91. The summed E-state index contributed by atoms with van der Waals surface area (Å²) in [5, 5.41) is 0. The first-order chi connectivity index (χ1) is 7.75. The van der Waals surface area contributed by atoms with E-state index in [-0.39, 0.29) is 11.8 Å². The van der Waals surface area contributed by atoms with Gasteiger partial charge in [0.1, 0.15) is 0 Å². The summed E-state index contributed by atoms with van der Waals surface area (Å²) in [7, 11) is 0. The maximum absolute atomic E-state index is 11.0. The van der Waals surface area contributed by atoms with E-state index in [1.807, 2.05) is 0 Å². The zero-order valence-electron chi connectivity index (χ0n) is 9.90. The van der Waals surface area contributed by atoms with E-state index in [1.165, 1.54) is 25.8 Å². The molecule has 0 saturated carbocycles. The highest BCUT2D eigenvalue weighted by Gasteiger charge is 2.24. The number of carbonyl (C=O) groups is 1. The molecule has 1 saturated heterocycles. The average Bonchev–Trinajstić information content (AvgIpc) is 2.31. The van der Waals surface area contributed by atoms with Gasteiger partial charge in [-0.05, 0) is 51.1 Å². The van der Waals surface area contributed by atoms with Gasteiger partial charge in [-0.1, -0.05) is 12.2 Å². The number of carbonyl (C=O) groups excluding carboxylic acids is 1. The number of likely N-dealkylation sites (tertiary alicyclic amines) is 1. The average molecular weight is 222 g/mol. The second-order valence-electron chi connectivity index (χ2n) is 5.13. The second kappa shape index (κ2) is 5.48. The van der Waals surface area contributed by atoms with Crippen molar-refractivity contribution in [3.05, 3.63) is 12.2 Å². The molecular formula is C13H22N2O. The largest absolute Gasteiger partial charge is 0.369 e. The third-order valence-electron chi connectivity index (χ3n) is 3.88. The lowest BCUT2D eigenvalue weighted by Crippen LogP contribution is -2.40. The van der Waals surface area contributed by atoms with Crippen LogP contribution in [0.5, 0.6) is 0 Å². The number of amides is 1. The maximum atomic E-state index is 11.0. The number of allylic oxidation sites excluding steroid dienone is 2. The molecule has 1 fully saturated rings. The monoisotopic (exact) mass is 222 g/mol. The molecule has 0 spiro atoms. The summed E-state index contributed by atoms with van der Waals surface area (Å²) in [4.78, 5) is 13.5. The zero-order chi connectivity index (χ0) is 11.4. The summed E-state index contributed by atoms with van der Waals surface area (Å²) in [6, 6.07) is 0. The quantitative estimate of drug-likeness (QED) is 0.736. The smallest absolute Gasteiger partial charge is 0.220 e. The van der Waals surface area contributed by atoms with E-state index >= 15 is 0 Å². The molecule has 0 unspecified atom stereocenters. The first-order valence-electron chi connectivity index (χ1n) is 6.42. The molecule has 1 aliphatic heterocycles. The van der Waals surface area contributed by atoms with Crippen LogP contribution in [-0.4, -0.2) is 30.4 Å². The molecule has 3 heteroatoms. The van der Waals surface area contributed by atoms with Crippen LogP contribution in [0.2, 0.25) is 0 Å². The molecular weight excluding hydrogens is 200 g/mol. The molecule has 2 rings (SSSR count). The predicted molar refractivity (Wildman–Crippen MR) is 64.8 cm³/mol. The van der Waals surface area contributed by atoms with Crippen LogP contribution < -0.4 is 5.73 Å². The fourth-order valence-electron chi connectivity index (χ4n) is 2.79. The van der Waals surface area contributed by atoms with Gasteiger partial charge in [0.2, 0.25) is 5.91 Å². The molecule has 1 amide bonds. The minimum Gasteiger partial charge on any atom is -0.369 e. The SMILES string of the molecule is NC(=O)C1CCN(C[C@H]2CC=CCC2)CC1. The fourth-order valence-corrected chi connectivity index (χ4v) is 2.79. The van der Waals surface area contributed by atoms with E-state index in [4.69, 9.17) is 5.73 Å². The van der Waals surface area contributed by atoms with Crippen molar-refractivity contribution in [2.45, 2.75) is 32.1 Å². The number of piperidine rings is 1. The second-order valence-corrected chi connectivity index (χ2v) is 5.13. The Morgan fingerprint density at radius 1 is 1.25 bits per heavy atom. The van der Waals surface area contributed by atoms with Crippen LogP contribution >= 0.6 is 0 Å². The lowest BCUT2D eigenvalue weighted by molar-refractivity contribution is -0.123. The van der Waals surface area contributed by atoms with Crippen molar-refractivity contribution in [3.63, 3.8) is 0 Å². The van der Waals surface area contributed by atoms with Crippen LogP contribution in [0, 0.1) is 11.8 Å². The first kappa shape index (κ1) is 11.6. The van der Waals surface area contributed by atoms with Crippen molar-refractivity contribution >= 4 is 5.91 Å². The normalized spacial score (nSPS) is 28.1. The van der Waals surface area contributed by atoms with Crippen LogP contribution in [0.25, 0.3) is 0 Å². The Kier molecular flexibility index (Phi) is 3.99. The number of hydrogen-bond acceptors (Lipinski definition) is 2. The third kappa shape index (κ3) is 3.08. The summed E-state index contributed by atoms with van der Waals surface area (Å²) in [6.45, 7) is 3.30. The Balaban J connectivity index is 1.72. The number of primary amides is 1. The number of hydrogen-bond donors (Lipinski definition) is 1. The molecule has 2 aliphatic rings. The highest BCUT2D eigenvalue weighted by molar-refractivity contribution is 5.76. The summed E-state index contributed by atoms with van der Waals surface area (Å²) in [5.74, 6) is 0.845. The number of nitrogens with zero attached hydrogens (tertiary/aromatic N) is 1. The van der Waals surface area contributed by atoms with Crippen molar-refractivity contribution < 1.29 is 4.79 Å². The molecule has 0 aromatic heterocycles. The molecule has 2 N–H and O–H groups in total. The van der Waals surface area contributed by atoms with Gasteiger partial charge >= 0.3 is 0 Å². The lowest BCUT2D eigenvalue weighted by Gasteiger charge is -2.33. The maximum Gasteiger partial charge on any atom is 0.220 e. The van der Waals surface area contributed by atoms with E-state index in [0.29, 0.717) is 0 Å². The van der Waals surface area contributed by atoms with Crippen LogP contribution in [0.1, 0.15) is 32.1 Å². The number of rotatable bonds is 3. The molecule has 0 bridgehead atoms. The molecule has 0 radical (unpaired) electrons. The molecule has 1 atom stereocenters. The van der Waals surface area contributed by atoms with Gasteiger partial charge < -0.3 is 10.6 Å². The third-order valence-corrected chi connectivity index (χ3v) is 3.88. The van der Waals surface area contributed by atoms with E-state index in [1.54, 1.807) is 0 Å². The molecule has 0 aromatic rings. The molecule has 1 heterocycles. The van der Waals surface area contributed by atoms with Gasteiger partial charge in [-0.2, -0.15) is 0 Å². The van der Waals surface area contributed by atoms with Gasteiger partial charge in [0.15, 0.2) is 0 Å². The van der Waals surface area contributed by atoms with Crippen molar-refractivity contribution in [3.8, 4) is 0 Å². The van der Waals surface area contributed by atoms with Gasteiger partial charge in [0, 0.05) is 12.5 Å².